The maximum absolute atomic E-state index is 13.0. The molecule has 1 aliphatic heterocycles. The number of oxime groups is 1. The predicted molar refractivity (Wildman–Crippen MR) is 125 cm³/mol. The van der Waals surface area contributed by atoms with Crippen LogP contribution in [0.25, 0.3) is 0 Å². The average molecular weight is 548 g/mol. The third kappa shape index (κ3) is 5.82. The van der Waals surface area contributed by atoms with E-state index in [1.807, 2.05) is 0 Å². The van der Waals surface area contributed by atoms with Crippen molar-refractivity contribution in [2.24, 2.45) is 16.7 Å². The number of thiazole rings is 1. The Kier molecular flexibility index (Phi) is 7.69. The summed E-state index contributed by atoms with van der Waals surface area (Å²) in [4.78, 5) is 46.0. The molecule has 0 radical (unpaired) electrons. The molecule has 19 heteroatoms. The van der Waals surface area contributed by atoms with E-state index < -0.39 is 51.5 Å². The van der Waals surface area contributed by atoms with Crippen LogP contribution in [0.5, 0.6) is 0 Å². The maximum atomic E-state index is 13.0. The Morgan fingerprint density at radius 2 is 2.14 bits per heavy atom. The third-order valence-corrected chi connectivity index (χ3v) is 6.82. The number of anilines is 1. The Morgan fingerprint density at radius 3 is 2.64 bits per heavy atom. The highest BCUT2D eigenvalue weighted by molar-refractivity contribution is 7.84. The van der Waals surface area contributed by atoms with Crippen LogP contribution in [0, 0.1) is 0 Å². The van der Waals surface area contributed by atoms with Gasteiger partial charge in [0.15, 0.2) is 10.8 Å². The number of nitrogen functional groups attached to an aromatic ring is 1. The molecule has 1 aliphatic carbocycles. The lowest BCUT2D eigenvalue weighted by Crippen LogP contribution is -2.74. The smallest absolute Gasteiger partial charge is 0.362 e. The number of carbonyl (C=O) groups is 3. The topological polar surface area (TPSA) is 269 Å². The van der Waals surface area contributed by atoms with Gasteiger partial charge >= 0.3 is 16.3 Å². The molecule has 2 amide bonds. The molecule has 1 saturated heterocycles. The van der Waals surface area contributed by atoms with Crippen LogP contribution in [0.3, 0.4) is 0 Å². The molecule has 2 fully saturated rings. The molecule has 36 heavy (non-hydrogen) atoms. The molecule has 0 bridgehead atoms. The molecule has 3 rings (SSSR count). The van der Waals surface area contributed by atoms with Crippen molar-refractivity contribution in [3.8, 4) is 0 Å². The number of carbonyl (C=O) groups excluding carboxylic acids is 2. The van der Waals surface area contributed by atoms with Crippen molar-refractivity contribution in [3.05, 3.63) is 23.0 Å². The summed E-state index contributed by atoms with van der Waals surface area (Å²) in [5.41, 5.74) is 9.52. The molecule has 2 heterocycles. The fourth-order valence-corrected chi connectivity index (χ4v) is 4.69. The zero-order valence-corrected chi connectivity index (χ0v) is 20.5. The second-order valence-corrected chi connectivity index (χ2v) is 10.1. The summed E-state index contributed by atoms with van der Waals surface area (Å²) in [6.45, 7) is -0.0937. The second kappa shape index (κ2) is 10.2. The van der Waals surface area contributed by atoms with Crippen molar-refractivity contribution < 1.29 is 37.3 Å². The number of aliphatic carboxylic acids is 1. The molecule has 1 aromatic heterocycles. The lowest BCUT2D eigenvalue weighted by molar-refractivity contribution is -0.153. The molecule has 0 spiro atoms. The van der Waals surface area contributed by atoms with Crippen LogP contribution >= 0.6 is 11.3 Å². The minimum absolute atomic E-state index is 0.0608. The Bertz CT molecular complexity index is 1210. The number of hydrazine groups is 1. The number of hydrogen-bond acceptors (Lipinski definition) is 14. The van der Waals surface area contributed by atoms with Gasteiger partial charge in [-0.25, -0.2) is 19.9 Å². The van der Waals surface area contributed by atoms with E-state index in [1.165, 1.54) is 11.6 Å². The number of likely N-dealkylation sites (N-methyl/N-ethyl adjacent to an activating group) is 1. The second-order valence-electron chi connectivity index (χ2n) is 7.96. The van der Waals surface area contributed by atoms with Gasteiger partial charge in [-0.15, -0.1) is 11.3 Å². The Morgan fingerprint density at radius 1 is 1.47 bits per heavy atom. The van der Waals surface area contributed by atoms with Gasteiger partial charge in [0, 0.05) is 36.7 Å². The molecule has 2 unspecified atom stereocenters. The number of nitrogens with zero attached hydrogens (tertiary/aromatic N) is 4. The van der Waals surface area contributed by atoms with Crippen LogP contribution in [0.4, 0.5) is 5.13 Å². The van der Waals surface area contributed by atoms with E-state index in [9.17, 15) is 32.5 Å². The van der Waals surface area contributed by atoms with Crippen LogP contribution in [-0.4, -0.2) is 93.7 Å². The van der Waals surface area contributed by atoms with Crippen LogP contribution in [0.2, 0.25) is 0 Å². The third-order valence-electron chi connectivity index (χ3n) is 5.20. The minimum Gasteiger partial charge on any atom is -0.478 e. The average Bonchev–Trinajstić information content (AvgIpc) is 3.45. The van der Waals surface area contributed by atoms with E-state index in [-0.39, 0.29) is 46.8 Å². The lowest BCUT2D eigenvalue weighted by atomic mass is 9.98. The maximum Gasteiger partial charge on any atom is 0.362 e. The number of nitrogens with two attached hydrogens (primary N) is 3. The molecule has 1 saturated carbocycles. The monoisotopic (exact) mass is 547 g/mol. The summed E-state index contributed by atoms with van der Waals surface area (Å²) in [5, 5.41) is 20.5. The summed E-state index contributed by atoms with van der Waals surface area (Å²) in [6, 6.07) is -2.78. The van der Waals surface area contributed by atoms with Gasteiger partial charge < -0.3 is 37.1 Å². The molecule has 2 aliphatic rings. The van der Waals surface area contributed by atoms with Gasteiger partial charge in [0.1, 0.15) is 11.7 Å². The van der Waals surface area contributed by atoms with Gasteiger partial charge in [0.2, 0.25) is 5.60 Å². The number of β-lactam (4-membered cyclic amide) rings is 1. The van der Waals surface area contributed by atoms with E-state index >= 15 is 0 Å². The number of hydrogen-bond donors (Lipinski definition) is 7. The minimum atomic E-state index is -4.98. The first kappa shape index (κ1) is 27.1. The van der Waals surface area contributed by atoms with E-state index in [2.05, 4.69) is 20.8 Å². The highest BCUT2D eigenvalue weighted by atomic mass is 32.2. The van der Waals surface area contributed by atoms with Crippen LogP contribution in [0.15, 0.2) is 22.4 Å². The van der Waals surface area contributed by atoms with Gasteiger partial charge in [-0.1, -0.05) is 5.16 Å². The van der Waals surface area contributed by atoms with Gasteiger partial charge in [0.25, 0.3) is 11.8 Å². The summed E-state index contributed by atoms with van der Waals surface area (Å²) < 4.78 is 33.1. The number of carboxylic acid groups (broad SMARTS) is 1. The number of rotatable bonds is 12. The quantitative estimate of drug-likeness (QED) is 0.0445. The van der Waals surface area contributed by atoms with Crippen molar-refractivity contribution in [2.45, 2.75) is 30.5 Å². The van der Waals surface area contributed by atoms with Crippen LogP contribution < -0.4 is 27.9 Å². The first-order valence-electron chi connectivity index (χ1n) is 10.2. The molecule has 10 N–H and O–H groups in total. The summed E-state index contributed by atoms with van der Waals surface area (Å²) >= 11 is 0.967. The molecule has 2 atom stereocenters. The van der Waals surface area contributed by atoms with E-state index in [4.69, 9.17) is 22.1 Å². The zero-order chi connectivity index (χ0) is 26.8. The van der Waals surface area contributed by atoms with Crippen molar-refractivity contribution in [3.63, 3.8) is 0 Å². The SMILES string of the molecule is CNC/C(N)=C/N(N)CC1C(NC(=O)/C(=N\OC2(C(=O)O)CC2)c2csc(N)n2)C(=O)N1S(=O)(=O)O. The Hall–Kier alpha value is -3.52. The normalized spacial score (nSPS) is 21.5. The first-order valence-corrected chi connectivity index (χ1v) is 12.5. The lowest BCUT2D eigenvalue weighted by Gasteiger charge is -2.45. The standard InChI is InChI=1S/C17H25N9O8S2/c1-21-4-8(18)5-25(20)6-10-12(14(28)26(10)36(31,32)33)23-13(27)11(9-7-35-16(19)22-9)24-34-17(2-3-17)15(29)30/h5,7,10,12,21H,2-4,6,18,20H2,1H3,(H2,19,22)(H,23,27)(H,29,30)(H,31,32,33)/b8-5-,24-11-. The largest absolute Gasteiger partial charge is 0.478 e. The Balaban J connectivity index is 1.84. The highest BCUT2D eigenvalue weighted by Crippen LogP contribution is 2.40. The molecule has 198 valence electrons. The summed E-state index contributed by atoms with van der Waals surface area (Å²) in [6.07, 6.45) is 1.62. The fourth-order valence-electron chi connectivity index (χ4n) is 3.27. The van der Waals surface area contributed by atoms with Crippen molar-refractivity contribution in [1.29, 1.82) is 0 Å². The number of nitrogens with one attached hydrogen (secondary N) is 2. The first-order chi connectivity index (χ1) is 16.8. The zero-order valence-electron chi connectivity index (χ0n) is 18.8. The van der Waals surface area contributed by atoms with Gasteiger partial charge in [-0.2, -0.15) is 8.42 Å². The molecular formula is C17H25N9O8S2. The van der Waals surface area contributed by atoms with Gasteiger partial charge in [-0.3, -0.25) is 14.1 Å². The summed E-state index contributed by atoms with van der Waals surface area (Å²) in [7, 11) is -3.34. The van der Waals surface area contributed by atoms with Crippen LogP contribution in [-0.2, 0) is 29.5 Å². The van der Waals surface area contributed by atoms with E-state index in [0.717, 1.165) is 16.3 Å². The molecular weight excluding hydrogens is 522 g/mol. The Labute approximate surface area is 208 Å². The molecule has 17 nitrogen and oxygen atoms in total. The number of carboxylic acids is 1. The predicted octanol–water partition coefficient (Wildman–Crippen LogP) is -3.24. The van der Waals surface area contributed by atoms with Crippen molar-refractivity contribution in [1.82, 2.24) is 24.9 Å². The van der Waals surface area contributed by atoms with E-state index in [1.54, 1.807) is 7.05 Å². The van der Waals surface area contributed by atoms with Crippen LogP contribution in [0.1, 0.15) is 18.5 Å². The molecule has 1 aromatic rings. The van der Waals surface area contributed by atoms with Gasteiger partial charge in [0.05, 0.1) is 12.6 Å². The fraction of sp³-hybridized carbons (Fsp3) is 0.471. The molecule has 0 aromatic carbocycles. The van der Waals surface area contributed by atoms with Crippen molar-refractivity contribution >= 4 is 50.3 Å². The highest BCUT2D eigenvalue weighted by Gasteiger charge is 2.56. The summed E-state index contributed by atoms with van der Waals surface area (Å²) in [5.74, 6) is 2.40. The number of aromatic nitrogens is 1. The van der Waals surface area contributed by atoms with E-state index in [0.29, 0.717) is 0 Å². The van der Waals surface area contributed by atoms with Crippen molar-refractivity contribution in [2.75, 3.05) is 25.9 Å². The van der Waals surface area contributed by atoms with Gasteiger partial charge in [-0.05, 0) is 7.05 Å². The number of amides is 2.